The molecule has 0 fully saturated rings. The Balaban J connectivity index is 1.99. The molecule has 5 heteroatoms. The van der Waals surface area contributed by atoms with E-state index in [1.807, 2.05) is 24.3 Å². The van der Waals surface area contributed by atoms with E-state index in [1.54, 1.807) is 12.1 Å². The van der Waals surface area contributed by atoms with Crippen molar-refractivity contribution >= 4 is 32.0 Å². The van der Waals surface area contributed by atoms with E-state index in [9.17, 15) is 10.0 Å². The molecular formula is C23H26BO3Si. The van der Waals surface area contributed by atoms with Crippen molar-refractivity contribution in [3.8, 4) is 0 Å². The molecule has 0 spiro atoms. The zero-order chi connectivity index (χ0) is 20.1. The molecule has 0 aromatic heterocycles. The van der Waals surface area contributed by atoms with Crippen molar-refractivity contribution in [2.45, 2.75) is 26.9 Å². The summed E-state index contributed by atoms with van der Waals surface area (Å²) in [5.41, 5.74) is 1.39. The molecule has 0 saturated heterocycles. The van der Waals surface area contributed by atoms with Crippen LogP contribution in [0.2, 0.25) is 0 Å². The third kappa shape index (κ3) is 5.00. The van der Waals surface area contributed by atoms with Crippen molar-refractivity contribution in [1.82, 2.24) is 0 Å². The molecule has 3 nitrogen and oxygen atoms in total. The molecule has 0 aliphatic carbocycles. The molecule has 3 aromatic carbocycles. The van der Waals surface area contributed by atoms with Gasteiger partial charge in [-0.05, 0) is 26.8 Å². The summed E-state index contributed by atoms with van der Waals surface area (Å²) in [6.45, 7) is 6.51. The first kappa shape index (κ1) is 20.6. The first-order chi connectivity index (χ1) is 13.4. The first-order valence-corrected chi connectivity index (χ1v) is 10.9. The van der Waals surface area contributed by atoms with Gasteiger partial charge in [0.15, 0.2) is 0 Å². The molecule has 0 saturated carbocycles. The van der Waals surface area contributed by atoms with Crippen molar-refractivity contribution < 1.29 is 14.5 Å². The van der Waals surface area contributed by atoms with Crippen molar-refractivity contribution in [1.29, 1.82) is 0 Å². The van der Waals surface area contributed by atoms with Gasteiger partial charge in [0.1, 0.15) is 0 Å². The van der Waals surface area contributed by atoms with Gasteiger partial charge in [0, 0.05) is 0 Å². The fourth-order valence-corrected chi connectivity index (χ4v) is 5.51. The smallest absolute Gasteiger partial charge is 0.423 e. The Morgan fingerprint density at radius 2 is 1.21 bits per heavy atom. The van der Waals surface area contributed by atoms with Crippen LogP contribution in [-0.2, 0) is 4.43 Å². The molecule has 0 heterocycles. The SMILES string of the molecule is CC(C)(C)C(O[Si](c1ccccc1)c1ccccc1)c1ccc(B(O)O)cc1. The Hall–Kier alpha value is -2.18. The first-order valence-electron chi connectivity index (χ1n) is 9.46. The van der Waals surface area contributed by atoms with Crippen LogP contribution in [0.3, 0.4) is 0 Å². The molecule has 0 amide bonds. The number of hydrogen-bond donors (Lipinski definition) is 2. The summed E-state index contributed by atoms with van der Waals surface area (Å²) in [4.78, 5) is 0. The standard InChI is InChI=1S/C23H26BO3Si/c1-23(2,3)22(18-14-16-19(17-15-18)24(25)26)27-28(20-10-6-4-7-11-20)21-12-8-5-9-13-21/h4-17,22,25-26H,1-3H3. The van der Waals surface area contributed by atoms with Gasteiger partial charge in [-0.1, -0.05) is 106 Å². The van der Waals surface area contributed by atoms with Crippen LogP contribution in [0.15, 0.2) is 84.9 Å². The normalized spacial score (nSPS) is 12.8. The van der Waals surface area contributed by atoms with Gasteiger partial charge >= 0.3 is 7.12 Å². The lowest BCUT2D eigenvalue weighted by molar-refractivity contribution is 0.0897. The van der Waals surface area contributed by atoms with Gasteiger partial charge in [-0.3, -0.25) is 0 Å². The highest BCUT2D eigenvalue weighted by molar-refractivity contribution is 6.80. The average Bonchev–Trinajstić information content (AvgIpc) is 2.69. The molecular weight excluding hydrogens is 363 g/mol. The van der Waals surface area contributed by atoms with E-state index >= 15 is 0 Å². The molecule has 0 aliphatic rings. The summed E-state index contributed by atoms with van der Waals surface area (Å²) in [6, 6.07) is 28.1. The van der Waals surface area contributed by atoms with Crippen molar-refractivity contribution in [3.63, 3.8) is 0 Å². The summed E-state index contributed by atoms with van der Waals surface area (Å²) in [5.74, 6) is 0. The molecule has 2 N–H and O–H groups in total. The summed E-state index contributed by atoms with van der Waals surface area (Å²) < 4.78 is 6.85. The summed E-state index contributed by atoms with van der Waals surface area (Å²) in [7, 11) is -2.91. The van der Waals surface area contributed by atoms with Crippen LogP contribution >= 0.6 is 0 Å². The van der Waals surface area contributed by atoms with Crippen LogP contribution in [0.5, 0.6) is 0 Å². The van der Waals surface area contributed by atoms with Crippen LogP contribution in [0.1, 0.15) is 32.4 Å². The van der Waals surface area contributed by atoms with E-state index in [2.05, 4.69) is 69.3 Å². The fraction of sp³-hybridized carbons (Fsp3) is 0.217. The summed E-state index contributed by atoms with van der Waals surface area (Å²) in [6.07, 6.45) is -0.133. The summed E-state index contributed by atoms with van der Waals surface area (Å²) >= 11 is 0. The zero-order valence-corrected chi connectivity index (χ0v) is 17.5. The van der Waals surface area contributed by atoms with Gasteiger partial charge in [-0.2, -0.15) is 0 Å². The van der Waals surface area contributed by atoms with Gasteiger partial charge in [-0.25, -0.2) is 0 Å². The summed E-state index contributed by atoms with van der Waals surface area (Å²) in [5, 5.41) is 21.2. The third-order valence-electron chi connectivity index (χ3n) is 4.63. The van der Waals surface area contributed by atoms with E-state index in [-0.39, 0.29) is 11.5 Å². The molecule has 1 unspecified atom stereocenters. The maximum Gasteiger partial charge on any atom is 0.488 e. The lowest BCUT2D eigenvalue weighted by atomic mass is 9.78. The van der Waals surface area contributed by atoms with Gasteiger partial charge in [-0.15, -0.1) is 0 Å². The molecule has 1 atom stereocenters. The van der Waals surface area contributed by atoms with Crippen LogP contribution in [-0.4, -0.2) is 26.2 Å². The topological polar surface area (TPSA) is 49.7 Å². The highest BCUT2D eigenvalue weighted by Gasteiger charge is 2.32. The van der Waals surface area contributed by atoms with Gasteiger partial charge in [0.2, 0.25) is 0 Å². The predicted molar refractivity (Wildman–Crippen MR) is 117 cm³/mol. The second-order valence-corrected chi connectivity index (χ2v) is 10.0. The van der Waals surface area contributed by atoms with Gasteiger partial charge in [0.05, 0.1) is 6.10 Å². The Bertz CT molecular complexity index is 822. The van der Waals surface area contributed by atoms with Crippen LogP contribution in [0.4, 0.5) is 0 Å². The predicted octanol–water partition coefficient (Wildman–Crippen LogP) is 2.28. The second-order valence-electron chi connectivity index (χ2n) is 7.97. The minimum atomic E-state index is -1.46. The minimum Gasteiger partial charge on any atom is -0.423 e. The zero-order valence-electron chi connectivity index (χ0n) is 16.5. The molecule has 143 valence electrons. The minimum absolute atomic E-state index is 0.126. The quantitative estimate of drug-likeness (QED) is 0.636. The Labute approximate surface area is 169 Å². The molecule has 1 radical (unpaired) electrons. The van der Waals surface area contributed by atoms with E-state index in [0.29, 0.717) is 5.46 Å². The van der Waals surface area contributed by atoms with Crippen LogP contribution < -0.4 is 15.8 Å². The Morgan fingerprint density at radius 3 is 1.61 bits per heavy atom. The average molecular weight is 389 g/mol. The Morgan fingerprint density at radius 1 is 0.750 bits per heavy atom. The second kappa shape index (κ2) is 8.88. The van der Waals surface area contributed by atoms with Crippen molar-refractivity contribution in [2.24, 2.45) is 5.41 Å². The number of benzene rings is 3. The molecule has 0 aliphatic heterocycles. The van der Waals surface area contributed by atoms with E-state index in [1.165, 1.54) is 10.4 Å². The number of rotatable bonds is 6. The largest absolute Gasteiger partial charge is 0.488 e. The Kier molecular flexibility index (Phi) is 6.52. The van der Waals surface area contributed by atoms with E-state index in [0.717, 1.165) is 5.56 Å². The maximum absolute atomic E-state index is 9.39. The highest BCUT2D eigenvalue weighted by Crippen LogP contribution is 2.36. The van der Waals surface area contributed by atoms with E-state index in [4.69, 9.17) is 4.43 Å². The lowest BCUT2D eigenvalue weighted by Gasteiger charge is -2.34. The molecule has 0 bridgehead atoms. The van der Waals surface area contributed by atoms with Crippen molar-refractivity contribution in [3.05, 3.63) is 90.5 Å². The number of hydrogen-bond acceptors (Lipinski definition) is 3. The monoisotopic (exact) mass is 389 g/mol. The third-order valence-corrected chi connectivity index (χ3v) is 6.82. The van der Waals surface area contributed by atoms with Crippen molar-refractivity contribution in [2.75, 3.05) is 0 Å². The van der Waals surface area contributed by atoms with Crippen LogP contribution in [0.25, 0.3) is 0 Å². The fourth-order valence-electron chi connectivity index (χ4n) is 3.19. The van der Waals surface area contributed by atoms with Crippen LogP contribution in [0, 0.1) is 5.41 Å². The van der Waals surface area contributed by atoms with E-state index < -0.39 is 16.2 Å². The highest BCUT2D eigenvalue weighted by atomic mass is 28.3. The van der Waals surface area contributed by atoms with Gasteiger partial charge < -0.3 is 14.5 Å². The maximum atomic E-state index is 9.39. The molecule has 28 heavy (non-hydrogen) atoms. The molecule has 3 aromatic rings. The lowest BCUT2D eigenvalue weighted by Crippen LogP contribution is -2.47. The van der Waals surface area contributed by atoms with Gasteiger partial charge in [0.25, 0.3) is 9.04 Å². The molecule has 3 rings (SSSR count).